The van der Waals surface area contributed by atoms with Gasteiger partial charge in [-0.05, 0) is 19.0 Å². The first-order valence-corrected chi connectivity index (χ1v) is 7.69. The maximum absolute atomic E-state index is 12.0. The van der Waals surface area contributed by atoms with Crippen molar-refractivity contribution < 1.29 is 9.53 Å². The first kappa shape index (κ1) is 15.8. The second kappa shape index (κ2) is 6.90. The van der Waals surface area contributed by atoms with E-state index in [0.717, 1.165) is 31.5 Å². The lowest BCUT2D eigenvalue weighted by Gasteiger charge is -2.46. The van der Waals surface area contributed by atoms with Crippen LogP contribution in [0.1, 0.15) is 31.7 Å². The molecule has 1 aromatic carbocycles. The molecule has 2 rings (SSSR count). The van der Waals surface area contributed by atoms with Crippen molar-refractivity contribution in [1.82, 2.24) is 4.90 Å². The van der Waals surface area contributed by atoms with Crippen LogP contribution in [-0.2, 0) is 15.1 Å². The molecule has 1 saturated heterocycles. The molecule has 3 heteroatoms. The molecule has 0 saturated carbocycles. The standard InChI is InChI=1S/C18H25NO2/c1-4-9-16-14-19(3)13-12-18(16,21-17(20)5-2)15-10-7-6-8-11-15/h4,6-8,10-11,16H,1,5,9,12-14H2,2-3H3/t16-,18+/m0/s1. The van der Waals surface area contributed by atoms with Gasteiger partial charge in [0.05, 0.1) is 0 Å². The fourth-order valence-corrected chi connectivity index (χ4v) is 3.21. The van der Waals surface area contributed by atoms with Gasteiger partial charge >= 0.3 is 5.97 Å². The van der Waals surface area contributed by atoms with Crippen LogP contribution in [0.4, 0.5) is 0 Å². The molecule has 0 unspecified atom stereocenters. The van der Waals surface area contributed by atoms with Crippen LogP contribution in [0.5, 0.6) is 0 Å². The summed E-state index contributed by atoms with van der Waals surface area (Å²) in [5, 5.41) is 0. The second-order valence-corrected chi connectivity index (χ2v) is 5.82. The molecule has 1 heterocycles. The summed E-state index contributed by atoms with van der Waals surface area (Å²) < 4.78 is 6.01. The highest BCUT2D eigenvalue weighted by molar-refractivity contribution is 5.69. The quantitative estimate of drug-likeness (QED) is 0.614. The van der Waals surface area contributed by atoms with Gasteiger partial charge in [0, 0.05) is 31.8 Å². The molecule has 0 spiro atoms. The Morgan fingerprint density at radius 1 is 1.48 bits per heavy atom. The first-order chi connectivity index (χ1) is 10.1. The van der Waals surface area contributed by atoms with Crippen LogP contribution in [-0.4, -0.2) is 31.0 Å². The second-order valence-electron chi connectivity index (χ2n) is 5.82. The zero-order chi connectivity index (χ0) is 15.3. The SMILES string of the molecule is C=CC[C@H]1CN(C)CC[C@@]1(OC(=O)CC)c1ccccc1. The molecule has 0 bridgehead atoms. The van der Waals surface area contributed by atoms with Gasteiger partial charge in [0.25, 0.3) is 0 Å². The number of piperidine rings is 1. The number of rotatable bonds is 5. The summed E-state index contributed by atoms with van der Waals surface area (Å²) in [6.45, 7) is 7.57. The third kappa shape index (κ3) is 3.35. The Balaban J connectivity index is 2.42. The van der Waals surface area contributed by atoms with Crippen LogP contribution in [0.15, 0.2) is 43.0 Å². The summed E-state index contributed by atoms with van der Waals surface area (Å²) >= 11 is 0. The molecular weight excluding hydrogens is 262 g/mol. The van der Waals surface area contributed by atoms with Gasteiger partial charge in [-0.2, -0.15) is 0 Å². The minimum atomic E-state index is -0.519. The monoisotopic (exact) mass is 287 g/mol. The van der Waals surface area contributed by atoms with E-state index in [1.807, 2.05) is 31.2 Å². The zero-order valence-corrected chi connectivity index (χ0v) is 13.0. The number of hydrogen-bond donors (Lipinski definition) is 0. The van der Waals surface area contributed by atoms with Gasteiger partial charge < -0.3 is 9.64 Å². The molecule has 0 aromatic heterocycles. The third-order valence-electron chi connectivity index (χ3n) is 4.35. The first-order valence-electron chi connectivity index (χ1n) is 7.69. The fourth-order valence-electron chi connectivity index (χ4n) is 3.21. The number of carbonyl (C=O) groups is 1. The normalized spacial score (nSPS) is 26.3. The zero-order valence-electron chi connectivity index (χ0n) is 13.0. The Hall–Kier alpha value is -1.61. The Bertz CT molecular complexity index is 485. The van der Waals surface area contributed by atoms with E-state index >= 15 is 0 Å². The highest BCUT2D eigenvalue weighted by Crippen LogP contribution is 2.42. The molecule has 1 aliphatic heterocycles. The Morgan fingerprint density at radius 3 is 2.81 bits per heavy atom. The molecule has 0 N–H and O–H groups in total. The number of allylic oxidation sites excluding steroid dienone is 1. The number of nitrogens with zero attached hydrogens (tertiary/aromatic N) is 1. The summed E-state index contributed by atoms with van der Waals surface area (Å²) in [6.07, 6.45) is 4.01. The van der Waals surface area contributed by atoms with Crippen LogP contribution in [0, 0.1) is 5.92 Å². The molecule has 1 fully saturated rings. The van der Waals surface area contributed by atoms with Crippen molar-refractivity contribution in [3.8, 4) is 0 Å². The van der Waals surface area contributed by atoms with Crippen molar-refractivity contribution >= 4 is 5.97 Å². The molecule has 21 heavy (non-hydrogen) atoms. The van der Waals surface area contributed by atoms with Gasteiger partial charge in [-0.15, -0.1) is 6.58 Å². The Labute approximate surface area is 127 Å². The number of likely N-dealkylation sites (tertiary alicyclic amines) is 1. The molecule has 114 valence electrons. The summed E-state index contributed by atoms with van der Waals surface area (Å²) in [6, 6.07) is 10.2. The van der Waals surface area contributed by atoms with Gasteiger partial charge in [0.1, 0.15) is 5.60 Å². The van der Waals surface area contributed by atoms with Crippen molar-refractivity contribution in [2.24, 2.45) is 5.92 Å². The van der Waals surface area contributed by atoms with E-state index in [0.29, 0.717) is 6.42 Å². The number of esters is 1. The van der Waals surface area contributed by atoms with E-state index in [1.165, 1.54) is 0 Å². The lowest BCUT2D eigenvalue weighted by Crippen LogP contribution is -2.51. The molecular formula is C18H25NO2. The minimum Gasteiger partial charge on any atom is -0.454 e. The smallest absolute Gasteiger partial charge is 0.306 e. The van der Waals surface area contributed by atoms with Gasteiger partial charge in [-0.3, -0.25) is 4.79 Å². The van der Waals surface area contributed by atoms with E-state index in [1.54, 1.807) is 0 Å². The molecule has 0 aliphatic carbocycles. The summed E-state index contributed by atoms with van der Waals surface area (Å²) in [4.78, 5) is 14.3. The van der Waals surface area contributed by atoms with E-state index in [2.05, 4.69) is 30.7 Å². The number of carbonyl (C=O) groups excluding carboxylic acids is 1. The van der Waals surface area contributed by atoms with Crippen molar-refractivity contribution in [1.29, 1.82) is 0 Å². The van der Waals surface area contributed by atoms with Crippen LogP contribution in [0.3, 0.4) is 0 Å². The largest absolute Gasteiger partial charge is 0.454 e. The predicted molar refractivity (Wildman–Crippen MR) is 84.9 cm³/mol. The average Bonchev–Trinajstić information content (AvgIpc) is 2.51. The van der Waals surface area contributed by atoms with Crippen molar-refractivity contribution in [2.45, 2.75) is 31.8 Å². The lowest BCUT2D eigenvalue weighted by atomic mass is 9.74. The van der Waals surface area contributed by atoms with Crippen molar-refractivity contribution in [3.63, 3.8) is 0 Å². The maximum atomic E-state index is 12.0. The van der Waals surface area contributed by atoms with E-state index < -0.39 is 5.60 Å². The average molecular weight is 287 g/mol. The molecule has 2 atom stereocenters. The Morgan fingerprint density at radius 2 is 2.19 bits per heavy atom. The van der Waals surface area contributed by atoms with Crippen LogP contribution in [0.25, 0.3) is 0 Å². The number of ether oxygens (including phenoxy) is 1. The molecule has 0 radical (unpaired) electrons. The topological polar surface area (TPSA) is 29.5 Å². The molecule has 1 aromatic rings. The predicted octanol–water partition coefficient (Wildman–Crippen LogP) is 3.36. The van der Waals surface area contributed by atoms with Gasteiger partial charge in [0.15, 0.2) is 0 Å². The van der Waals surface area contributed by atoms with Gasteiger partial charge in [-0.1, -0.05) is 43.3 Å². The Kier molecular flexibility index (Phi) is 5.18. The van der Waals surface area contributed by atoms with Crippen LogP contribution >= 0.6 is 0 Å². The van der Waals surface area contributed by atoms with Crippen LogP contribution in [0.2, 0.25) is 0 Å². The van der Waals surface area contributed by atoms with E-state index in [4.69, 9.17) is 4.74 Å². The van der Waals surface area contributed by atoms with Gasteiger partial charge in [0.2, 0.25) is 0 Å². The number of benzene rings is 1. The summed E-state index contributed by atoms with van der Waals surface area (Å²) in [7, 11) is 2.12. The maximum Gasteiger partial charge on any atom is 0.306 e. The molecule has 3 nitrogen and oxygen atoms in total. The highest BCUT2D eigenvalue weighted by Gasteiger charge is 2.46. The fraction of sp³-hybridized carbons (Fsp3) is 0.500. The third-order valence-corrected chi connectivity index (χ3v) is 4.35. The van der Waals surface area contributed by atoms with Gasteiger partial charge in [-0.25, -0.2) is 0 Å². The van der Waals surface area contributed by atoms with E-state index in [9.17, 15) is 4.79 Å². The number of hydrogen-bond acceptors (Lipinski definition) is 3. The van der Waals surface area contributed by atoms with Crippen molar-refractivity contribution in [3.05, 3.63) is 48.6 Å². The van der Waals surface area contributed by atoms with Crippen molar-refractivity contribution in [2.75, 3.05) is 20.1 Å². The van der Waals surface area contributed by atoms with E-state index in [-0.39, 0.29) is 11.9 Å². The highest BCUT2D eigenvalue weighted by atomic mass is 16.6. The lowest BCUT2D eigenvalue weighted by molar-refractivity contribution is -0.175. The summed E-state index contributed by atoms with van der Waals surface area (Å²) in [5.41, 5.74) is 0.585. The summed E-state index contributed by atoms with van der Waals surface area (Å²) in [5.74, 6) is 0.115. The molecule has 0 amide bonds. The van der Waals surface area contributed by atoms with Crippen LogP contribution < -0.4 is 0 Å². The minimum absolute atomic E-state index is 0.127. The molecule has 1 aliphatic rings.